The van der Waals surface area contributed by atoms with E-state index in [-0.39, 0.29) is 23.8 Å². The summed E-state index contributed by atoms with van der Waals surface area (Å²) in [6.07, 6.45) is 5.03. The predicted molar refractivity (Wildman–Crippen MR) is 74.3 cm³/mol. The van der Waals surface area contributed by atoms with Crippen molar-refractivity contribution in [2.24, 2.45) is 13.0 Å². The molecule has 110 valence electrons. The summed E-state index contributed by atoms with van der Waals surface area (Å²) in [5.41, 5.74) is 1.15. The Kier molecular flexibility index (Phi) is 3.76. The van der Waals surface area contributed by atoms with Crippen LogP contribution in [0.3, 0.4) is 0 Å². The van der Waals surface area contributed by atoms with Crippen LogP contribution in [0.1, 0.15) is 17.9 Å². The van der Waals surface area contributed by atoms with E-state index < -0.39 is 0 Å². The van der Waals surface area contributed by atoms with Gasteiger partial charge in [-0.25, -0.2) is 0 Å². The van der Waals surface area contributed by atoms with Crippen molar-refractivity contribution in [1.82, 2.24) is 20.0 Å². The number of nitrogens with zero attached hydrogens (tertiary/aromatic N) is 3. The first-order valence-electron chi connectivity index (χ1n) is 7.20. The number of methoxy groups -OCH3 is 1. The summed E-state index contributed by atoms with van der Waals surface area (Å²) in [5, 5.41) is 7.57. The van der Waals surface area contributed by atoms with Crippen molar-refractivity contribution in [1.29, 1.82) is 0 Å². The van der Waals surface area contributed by atoms with Crippen LogP contribution in [-0.4, -0.2) is 60.0 Å². The third-order valence-corrected chi connectivity index (χ3v) is 4.47. The lowest BCUT2D eigenvalue weighted by Crippen LogP contribution is -2.37. The Hall–Kier alpha value is -1.40. The van der Waals surface area contributed by atoms with Crippen LogP contribution in [-0.2, 0) is 16.6 Å². The van der Waals surface area contributed by atoms with Crippen LogP contribution in [0.5, 0.6) is 0 Å². The fraction of sp³-hybridized carbons (Fsp3) is 0.714. The number of carbonyl (C=O) groups excluding carboxylic acids is 1. The average Bonchev–Trinajstić information content (AvgIpc) is 3.17. The fourth-order valence-electron chi connectivity index (χ4n) is 3.28. The first-order chi connectivity index (χ1) is 9.69. The quantitative estimate of drug-likeness (QED) is 0.843. The standard InChI is InChI=1S/C14H22N4O2/c1-17-8-10(5-16-17)12-6-15-7-13(12)14(19)18-4-3-11(9-18)20-2/h5,8,11-13,15H,3-4,6-7,9H2,1-2H3/t11-,12-,13+/m1/s1. The number of likely N-dealkylation sites (tertiary alicyclic amines) is 1. The van der Waals surface area contributed by atoms with Gasteiger partial charge in [-0.2, -0.15) is 5.10 Å². The predicted octanol–water partition coefficient (Wildman–Crippen LogP) is -0.0296. The zero-order chi connectivity index (χ0) is 14.1. The van der Waals surface area contributed by atoms with Gasteiger partial charge in [0.05, 0.1) is 18.2 Å². The lowest BCUT2D eigenvalue weighted by Gasteiger charge is -2.23. The van der Waals surface area contributed by atoms with Crippen LogP contribution in [0.2, 0.25) is 0 Å². The number of hydrogen-bond donors (Lipinski definition) is 1. The molecule has 1 N–H and O–H groups in total. The molecule has 2 aliphatic heterocycles. The lowest BCUT2D eigenvalue weighted by molar-refractivity contribution is -0.134. The van der Waals surface area contributed by atoms with Crippen LogP contribution in [0.15, 0.2) is 12.4 Å². The maximum atomic E-state index is 12.7. The highest BCUT2D eigenvalue weighted by molar-refractivity contribution is 5.81. The van der Waals surface area contributed by atoms with Crippen LogP contribution in [0.4, 0.5) is 0 Å². The van der Waals surface area contributed by atoms with Crippen molar-refractivity contribution in [2.75, 3.05) is 33.3 Å². The molecule has 3 rings (SSSR count). The summed E-state index contributed by atoms with van der Waals surface area (Å²) in [7, 11) is 3.63. The van der Waals surface area contributed by atoms with E-state index in [1.54, 1.807) is 11.8 Å². The zero-order valence-corrected chi connectivity index (χ0v) is 12.1. The van der Waals surface area contributed by atoms with E-state index >= 15 is 0 Å². The molecule has 0 aromatic carbocycles. The lowest BCUT2D eigenvalue weighted by atomic mass is 9.90. The molecule has 1 aromatic rings. The average molecular weight is 278 g/mol. The second-order valence-electron chi connectivity index (χ2n) is 5.75. The van der Waals surface area contributed by atoms with Crippen molar-refractivity contribution in [3.63, 3.8) is 0 Å². The van der Waals surface area contributed by atoms with Crippen molar-refractivity contribution < 1.29 is 9.53 Å². The molecule has 6 heteroatoms. The molecule has 2 fully saturated rings. The minimum absolute atomic E-state index is 0.0230. The van der Waals surface area contributed by atoms with E-state index in [1.807, 2.05) is 24.3 Å². The number of aromatic nitrogens is 2. The number of nitrogens with one attached hydrogen (secondary N) is 1. The van der Waals surface area contributed by atoms with Gasteiger partial charge in [0.15, 0.2) is 0 Å². The molecule has 2 aliphatic rings. The zero-order valence-electron chi connectivity index (χ0n) is 12.1. The fourth-order valence-corrected chi connectivity index (χ4v) is 3.28. The van der Waals surface area contributed by atoms with Crippen molar-refractivity contribution in [3.05, 3.63) is 18.0 Å². The van der Waals surface area contributed by atoms with Gasteiger partial charge < -0.3 is 15.0 Å². The molecule has 20 heavy (non-hydrogen) atoms. The Morgan fingerprint density at radius 3 is 3.00 bits per heavy atom. The van der Waals surface area contributed by atoms with Gasteiger partial charge in [0.25, 0.3) is 0 Å². The Labute approximate surface area is 119 Å². The summed E-state index contributed by atoms with van der Waals surface area (Å²) in [6.45, 7) is 3.15. The van der Waals surface area contributed by atoms with Gasteiger partial charge in [-0.1, -0.05) is 0 Å². The van der Waals surface area contributed by atoms with E-state index in [0.29, 0.717) is 0 Å². The molecule has 2 saturated heterocycles. The van der Waals surface area contributed by atoms with Crippen molar-refractivity contribution in [2.45, 2.75) is 18.4 Å². The maximum Gasteiger partial charge on any atom is 0.227 e. The molecule has 0 unspecified atom stereocenters. The van der Waals surface area contributed by atoms with Crippen LogP contribution in [0.25, 0.3) is 0 Å². The molecule has 1 amide bonds. The number of ether oxygens (including phenoxy) is 1. The Morgan fingerprint density at radius 1 is 1.50 bits per heavy atom. The van der Waals surface area contributed by atoms with Crippen molar-refractivity contribution >= 4 is 5.91 Å². The summed E-state index contributed by atoms with van der Waals surface area (Å²) >= 11 is 0. The van der Waals surface area contributed by atoms with Gasteiger partial charge in [-0.05, 0) is 12.0 Å². The first kappa shape index (κ1) is 13.6. The van der Waals surface area contributed by atoms with Crippen LogP contribution < -0.4 is 5.32 Å². The molecule has 3 atom stereocenters. The molecule has 0 saturated carbocycles. The molecule has 0 radical (unpaired) electrons. The van der Waals surface area contributed by atoms with Gasteiger partial charge in [-0.15, -0.1) is 0 Å². The van der Waals surface area contributed by atoms with Crippen LogP contribution >= 0.6 is 0 Å². The number of hydrogen-bond acceptors (Lipinski definition) is 4. The van der Waals surface area contributed by atoms with Gasteiger partial charge in [0, 0.05) is 52.5 Å². The third kappa shape index (κ3) is 2.45. The highest BCUT2D eigenvalue weighted by Crippen LogP contribution is 2.30. The van der Waals surface area contributed by atoms with Gasteiger partial charge in [0.2, 0.25) is 5.91 Å². The molecule has 3 heterocycles. The Balaban J connectivity index is 1.71. The van der Waals surface area contributed by atoms with E-state index in [0.717, 1.165) is 38.2 Å². The minimum Gasteiger partial charge on any atom is -0.380 e. The maximum absolute atomic E-state index is 12.7. The topological polar surface area (TPSA) is 59.4 Å². The summed E-state index contributed by atoms with van der Waals surface area (Å²) in [6, 6.07) is 0. The Morgan fingerprint density at radius 2 is 2.35 bits per heavy atom. The van der Waals surface area contributed by atoms with E-state index in [2.05, 4.69) is 10.4 Å². The summed E-state index contributed by atoms with van der Waals surface area (Å²) in [4.78, 5) is 14.7. The third-order valence-electron chi connectivity index (χ3n) is 4.47. The highest BCUT2D eigenvalue weighted by Gasteiger charge is 2.39. The van der Waals surface area contributed by atoms with E-state index in [1.165, 1.54) is 0 Å². The molecule has 6 nitrogen and oxygen atoms in total. The van der Waals surface area contributed by atoms with E-state index in [9.17, 15) is 4.79 Å². The largest absolute Gasteiger partial charge is 0.380 e. The van der Waals surface area contributed by atoms with Gasteiger partial charge >= 0.3 is 0 Å². The summed E-state index contributed by atoms with van der Waals surface area (Å²) in [5.74, 6) is 0.510. The number of aryl methyl sites for hydroxylation is 1. The normalized spacial score (nSPS) is 30.1. The van der Waals surface area contributed by atoms with E-state index in [4.69, 9.17) is 4.74 Å². The second-order valence-corrected chi connectivity index (χ2v) is 5.75. The van der Waals surface area contributed by atoms with Gasteiger partial charge in [-0.3, -0.25) is 9.48 Å². The molecule has 0 bridgehead atoms. The smallest absolute Gasteiger partial charge is 0.227 e. The molecular weight excluding hydrogens is 256 g/mol. The number of rotatable bonds is 3. The van der Waals surface area contributed by atoms with Crippen molar-refractivity contribution in [3.8, 4) is 0 Å². The highest BCUT2D eigenvalue weighted by atomic mass is 16.5. The number of carbonyl (C=O) groups is 1. The number of amides is 1. The second kappa shape index (κ2) is 5.54. The molecule has 0 spiro atoms. The first-order valence-corrected chi connectivity index (χ1v) is 7.20. The molecule has 0 aliphatic carbocycles. The minimum atomic E-state index is 0.0230. The van der Waals surface area contributed by atoms with Crippen LogP contribution in [0, 0.1) is 5.92 Å². The van der Waals surface area contributed by atoms with Gasteiger partial charge in [0.1, 0.15) is 0 Å². The summed E-state index contributed by atoms with van der Waals surface area (Å²) < 4.78 is 7.14. The monoisotopic (exact) mass is 278 g/mol. The Bertz CT molecular complexity index is 487. The molecular formula is C14H22N4O2. The SMILES string of the molecule is CO[C@@H]1CCN(C(=O)[C@H]2CNC[C@@H]2c2cnn(C)c2)C1. The molecule has 1 aromatic heterocycles.